The Morgan fingerprint density at radius 2 is 2.24 bits per heavy atom. The van der Waals surface area contributed by atoms with Crippen molar-refractivity contribution < 1.29 is 14.3 Å². The smallest absolute Gasteiger partial charge is 0.279 e. The number of methoxy groups -OCH3 is 1. The maximum atomic E-state index is 12.3. The molecule has 112 valence electrons. The van der Waals surface area contributed by atoms with E-state index in [1.54, 1.807) is 16.7 Å². The first-order valence-electron chi connectivity index (χ1n) is 6.26. The van der Waals surface area contributed by atoms with Crippen LogP contribution in [0.4, 0.5) is 0 Å². The summed E-state index contributed by atoms with van der Waals surface area (Å²) in [4.78, 5) is 17.0. The van der Waals surface area contributed by atoms with Crippen molar-refractivity contribution in [2.24, 2.45) is 12.0 Å². The average molecular weight is 371 g/mol. The molecule has 2 rings (SSSR count). The molecule has 21 heavy (non-hydrogen) atoms. The number of aromatic nitrogens is 1. The zero-order valence-corrected chi connectivity index (χ0v) is 14.3. The quantitative estimate of drug-likeness (QED) is 0.830. The standard InChI is InChI=1S/C14H15BrN2O3S/c1-4-20-12-10(15)7-9(8-11(12)19-3)13(18)16-14-17(2)5-6-21-14/h5-8H,4H2,1-3H3. The Morgan fingerprint density at radius 3 is 2.81 bits per heavy atom. The molecule has 0 radical (unpaired) electrons. The number of amides is 1. The zero-order valence-electron chi connectivity index (χ0n) is 11.9. The molecule has 1 aromatic heterocycles. The third kappa shape index (κ3) is 3.54. The third-order valence-electron chi connectivity index (χ3n) is 2.72. The molecule has 0 bridgehead atoms. The van der Waals surface area contributed by atoms with Gasteiger partial charge in [-0.1, -0.05) is 0 Å². The number of ether oxygens (including phenoxy) is 2. The lowest BCUT2D eigenvalue weighted by Gasteiger charge is -2.12. The topological polar surface area (TPSA) is 52.8 Å². The lowest BCUT2D eigenvalue weighted by molar-refractivity contribution is 0.0997. The van der Waals surface area contributed by atoms with Gasteiger partial charge in [-0.25, -0.2) is 0 Å². The van der Waals surface area contributed by atoms with Gasteiger partial charge in [-0.05, 0) is 35.0 Å². The molecule has 5 nitrogen and oxygen atoms in total. The Balaban J connectivity index is 2.43. The minimum Gasteiger partial charge on any atom is -0.493 e. The van der Waals surface area contributed by atoms with Crippen LogP contribution in [-0.4, -0.2) is 24.2 Å². The van der Waals surface area contributed by atoms with E-state index < -0.39 is 0 Å². The maximum Gasteiger partial charge on any atom is 0.279 e. The molecule has 0 saturated heterocycles. The fourth-order valence-electron chi connectivity index (χ4n) is 1.71. The van der Waals surface area contributed by atoms with E-state index in [-0.39, 0.29) is 5.91 Å². The molecule has 0 atom stereocenters. The highest BCUT2D eigenvalue weighted by Gasteiger charge is 2.15. The normalized spacial score (nSPS) is 11.5. The average Bonchev–Trinajstić information content (AvgIpc) is 2.86. The summed E-state index contributed by atoms with van der Waals surface area (Å²) in [5.41, 5.74) is 0.440. The van der Waals surface area contributed by atoms with Crippen molar-refractivity contribution in [3.05, 3.63) is 38.5 Å². The Bertz CT molecular complexity index is 721. The molecule has 0 aliphatic carbocycles. The van der Waals surface area contributed by atoms with E-state index in [9.17, 15) is 4.79 Å². The van der Waals surface area contributed by atoms with Gasteiger partial charge in [0.05, 0.1) is 18.2 Å². The van der Waals surface area contributed by atoms with Gasteiger partial charge in [0.15, 0.2) is 16.3 Å². The second kappa shape index (κ2) is 6.91. The van der Waals surface area contributed by atoms with E-state index in [2.05, 4.69) is 20.9 Å². The Kier molecular flexibility index (Phi) is 5.19. The molecule has 2 aromatic rings. The largest absolute Gasteiger partial charge is 0.493 e. The van der Waals surface area contributed by atoms with Crippen molar-refractivity contribution in [3.8, 4) is 11.5 Å². The van der Waals surface area contributed by atoms with E-state index in [0.29, 0.717) is 32.9 Å². The van der Waals surface area contributed by atoms with Crippen LogP contribution in [0.15, 0.2) is 33.2 Å². The van der Waals surface area contributed by atoms with Crippen LogP contribution in [0.1, 0.15) is 17.3 Å². The summed E-state index contributed by atoms with van der Waals surface area (Å²) in [6.07, 6.45) is 1.85. The Morgan fingerprint density at radius 1 is 1.48 bits per heavy atom. The molecule has 1 aromatic carbocycles. The third-order valence-corrected chi connectivity index (χ3v) is 4.16. The van der Waals surface area contributed by atoms with Gasteiger partial charge in [-0.2, -0.15) is 4.99 Å². The van der Waals surface area contributed by atoms with Crippen molar-refractivity contribution in [1.29, 1.82) is 0 Å². The summed E-state index contributed by atoms with van der Waals surface area (Å²) in [7, 11) is 3.38. The number of carbonyl (C=O) groups is 1. The maximum absolute atomic E-state index is 12.3. The number of halogens is 1. The lowest BCUT2D eigenvalue weighted by Crippen LogP contribution is -2.12. The molecule has 0 aliphatic heterocycles. The van der Waals surface area contributed by atoms with Crippen LogP contribution in [-0.2, 0) is 7.05 Å². The highest BCUT2D eigenvalue weighted by Crippen LogP contribution is 2.36. The molecule has 0 N–H and O–H groups in total. The molecule has 0 aliphatic rings. The molecular formula is C14H15BrN2O3S. The molecule has 7 heteroatoms. The first-order chi connectivity index (χ1) is 10.1. The van der Waals surface area contributed by atoms with E-state index >= 15 is 0 Å². The van der Waals surface area contributed by atoms with Gasteiger partial charge < -0.3 is 14.0 Å². The lowest BCUT2D eigenvalue weighted by atomic mass is 10.2. The summed E-state index contributed by atoms with van der Waals surface area (Å²) in [6, 6.07) is 3.32. The van der Waals surface area contributed by atoms with Crippen molar-refractivity contribution in [1.82, 2.24) is 4.57 Å². The molecular weight excluding hydrogens is 356 g/mol. The van der Waals surface area contributed by atoms with Gasteiger partial charge in [0.25, 0.3) is 5.91 Å². The number of hydrogen-bond acceptors (Lipinski definition) is 4. The predicted molar refractivity (Wildman–Crippen MR) is 85.0 cm³/mol. The fourth-order valence-corrected chi connectivity index (χ4v) is 3.00. The predicted octanol–water partition coefficient (Wildman–Crippen LogP) is 3.00. The molecule has 0 unspecified atom stereocenters. The first kappa shape index (κ1) is 15.8. The SMILES string of the molecule is CCOc1c(Br)cc(C(=O)N=c2sccn2C)cc1OC. The van der Waals surface area contributed by atoms with Crippen molar-refractivity contribution in [2.45, 2.75) is 6.92 Å². The summed E-state index contributed by atoms with van der Waals surface area (Å²) in [5.74, 6) is 0.758. The zero-order chi connectivity index (χ0) is 15.4. The van der Waals surface area contributed by atoms with Crippen LogP contribution in [0.25, 0.3) is 0 Å². The molecule has 1 amide bonds. The monoisotopic (exact) mass is 370 g/mol. The van der Waals surface area contributed by atoms with Gasteiger partial charge >= 0.3 is 0 Å². The molecule has 0 fully saturated rings. The highest BCUT2D eigenvalue weighted by molar-refractivity contribution is 9.10. The number of aryl methyl sites for hydroxylation is 1. The van der Waals surface area contributed by atoms with Crippen molar-refractivity contribution in [2.75, 3.05) is 13.7 Å². The van der Waals surface area contributed by atoms with Gasteiger partial charge in [-0.15, -0.1) is 11.3 Å². The van der Waals surface area contributed by atoms with Crippen LogP contribution < -0.4 is 14.3 Å². The summed E-state index contributed by atoms with van der Waals surface area (Å²) in [5, 5.41) is 1.88. The number of hydrogen-bond donors (Lipinski definition) is 0. The summed E-state index contributed by atoms with van der Waals surface area (Å²) >= 11 is 4.80. The minimum atomic E-state index is -0.324. The number of carbonyl (C=O) groups excluding carboxylic acids is 1. The van der Waals surface area contributed by atoms with Crippen LogP contribution >= 0.6 is 27.3 Å². The van der Waals surface area contributed by atoms with Gasteiger partial charge in [0.1, 0.15) is 0 Å². The Labute approximate surface area is 135 Å². The molecule has 0 saturated carbocycles. The summed E-state index contributed by atoms with van der Waals surface area (Å²) in [6.45, 7) is 2.40. The van der Waals surface area contributed by atoms with Crippen LogP contribution in [0.3, 0.4) is 0 Å². The number of rotatable bonds is 4. The summed E-state index contributed by atoms with van der Waals surface area (Å²) < 4.78 is 13.2. The number of benzene rings is 1. The number of nitrogens with zero attached hydrogens (tertiary/aromatic N) is 2. The van der Waals surface area contributed by atoms with Gasteiger partial charge in [0, 0.05) is 24.2 Å². The van der Waals surface area contributed by atoms with Gasteiger partial charge in [-0.3, -0.25) is 4.79 Å². The minimum absolute atomic E-state index is 0.324. The molecule has 0 spiro atoms. The van der Waals surface area contributed by atoms with Gasteiger partial charge in [0.2, 0.25) is 0 Å². The Hall–Kier alpha value is -1.60. The van der Waals surface area contributed by atoms with E-state index in [1.807, 2.05) is 25.5 Å². The molecule has 1 heterocycles. The van der Waals surface area contributed by atoms with Crippen LogP contribution in [0, 0.1) is 0 Å². The van der Waals surface area contributed by atoms with Crippen molar-refractivity contribution >= 4 is 33.2 Å². The van der Waals surface area contributed by atoms with E-state index in [1.165, 1.54) is 18.4 Å². The first-order valence-corrected chi connectivity index (χ1v) is 7.93. The highest BCUT2D eigenvalue weighted by atomic mass is 79.9. The van der Waals surface area contributed by atoms with E-state index in [0.717, 1.165) is 0 Å². The number of thiazole rings is 1. The second-order valence-electron chi connectivity index (χ2n) is 4.14. The van der Waals surface area contributed by atoms with E-state index in [4.69, 9.17) is 9.47 Å². The van der Waals surface area contributed by atoms with Crippen molar-refractivity contribution in [3.63, 3.8) is 0 Å². The second-order valence-corrected chi connectivity index (χ2v) is 5.86. The van der Waals surface area contributed by atoms with Crippen LogP contribution in [0.2, 0.25) is 0 Å². The van der Waals surface area contributed by atoms with Crippen LogP contribution in [0.5, 0.6) is 11.5 Å². The fraction of sp³-hybridized carbons (Fsp3) is 0.286.